The first-order valence-electron chi connectivity index (χ1n) is 11.7. The highest BCUT2D eigenvalue weighted by molar-refractivity contribution is 5.75. The Morgan fingerprint density at radius 1 is 0.879 bits per heavy atom. The van der Waals surface area contributed by atoms with Gasteiger partial charge in [0.15, 0.2) is 0 Å². The van der Waals surface area contributed by atoms with Crippen LogP contribution in [0.4, 0.5) is 0 Å². The van der Waals surface area contributed by atoms with Crippen LogP contribution >= 0.6 is 0 Å². The molecule has 0 bridgehead atoms. The van der Waals surface area contributed by atoms with Crippen molar-refractivity contribution in [2.24, 2.45) is 0 Å². The number of nitrogens with zero attached hydrogens (tertiary/aromatic N) is 2. The van der Waals surface area contributed by atoms with E-state index in [1.54, 1.807) is 0 Å². The van der Waals surface area contributed by atoms with Crippen molar-refractivity contribution in [2.45, 2.75) is 59.6 Å². The fourth-order valence-corrected chi connectivity index (χ4v) is 3.95. The zero-order valence-electron chi connectivity index (χ0n) is 20.4. The quantitative estimate of drug-likeness (QED) is 0.276. The Labute approximate surface area is 197 Å². The van der Waals surface area contributed by atoms with Crippen molar-refractivity contribution in [2.75, 3.05) is 6.61 Å². The summed E-state index contributed by atoms with van der Waals surface area (Å²) in [6, 6.07) is 23.0. The molecule has 0 saturated carbocycles. The van der Waals surface area contributed by atoms with Gasteiger partial charge < -0.3 is 14.0 Å². The fraction of sp³-hybridized carbons (Fsp3) is 0.345. The minimum absolute atomic E-state index is 0.149. The molecule has 1 heterocycles. The molecule has 0 aliphatic carbocycles. The fourth-order valence-electron chi connectivity index (χ4n) is 3.95. The molecule has 4 nitrogen and oxygen atoms in total. The minimum Gasteiger partial charge on any atom is -0.494 e. The van der Waals surface area contributed by atoms with Crippen molar-refractivity contribution in [1.29, 1.82) is 0 Å². The first-order valence-corrected chi connectivity index (χ1v) is 11.7. The molecule has 4 aromatic rings. The van der Waals surface area contributed by atoms with E-state index in [0.717, 1.165) is 46.9 Å². The molecule has 0 spiro atoms. The summed E-state index contributed by atoms with van der Waals surface area (Å²) in [4.78, 5) is 4.85. The third kappa shape index (κ3) is 5.57. The molecule has 0 fully saturated rings. The minimum atomic E-state index is 0.149. The van der Waals surface area contributed by atoms with Crippen molar-refractivity contribution in [3.8, 4) is 11.5 Å². The van der Waals surface area contributed by atoms with Crippen molar-refractivity contribution in [3.05, 3.63) is 89.2 Å². The van der Waals surface area contributed by atoms with Gasteiger partial charge in [0, 0.05) is 6.54 Å². The molecule has 0 aliphatic heterocycles. The average molecular weight is 443 g/mol. The maximum Gasteiger partial charge on any atom is 0.148 e. The van der Waals surface area contributed by atoms with E-state index in [-0.39, 0.29) is 5.41 Å². The molecular formula is C29H34N2O2. The van der Waals surface area contributed by atoms with E-state index in [1.165, 1.54) is 11.1 Å². The van der Waals surface area contributed by atoms with Crippen molar-refractivity contribution < 1.29 is 9.47 Å². The highest BCUT2D eigenvalue weighted by atomic mass is 16.5. The molecule has 0 N–H and O–H groups in total. The van der Waals surface area contributed by atoms with Gasteiger partial charge in [0.25, 0.3) is 0 Å². The van der Waals surface area contributed by atoms with Crippen molar-refractivity contribution in [1.82, 2.24) is 9.55 Å². The number of benzene rings is 3. The summed E-state index contributed by atoms with van der Waals surface area (Å²) < 4.78 is 14.4. The van der Waals surface area contributed by atoms with E-state index in [9.17, 15) is 0 Å². The van der Waals surface area contributed by atoms with Crippen LogP contribution in [0.25, 0.3) is 11.0 Å². The van der Waals surface area contributed by atoms with Crippen LogP contribution in [0, 0.1) is 13.8 Å². The SMILES string of the molecule is Cc1ccc(C)c(OCc2nc3ccccc3n2CCCOc2ccc(C(C)(C)C)cc2)c1. The second-order valence-electron chi connectivity index (χ2n) is 9.70. The van der Waals surface area contributed by atoms with Crippen molar-refractivity contribution >= 4 is 11.0 Å². The van der Waals surface area contributed by atoms with Crippen LogP contribution in [-0.2, 0) is 18.6 Å². The number of rotatable bonds is 8. The standard InChI is InChI=1S/C29H34N2O2/c1-21-11-12-22(2)27(19-21)33-20-28-30-25-9-6-7-10-26(25)31(28)17-8-18-32-24-15-13-23(14-16-24)29(3,4)5/h6-7,9-16,19H,8,17-18,20H2,1-5H3. The van der Waals surface area contributed by atoms with Gasteiger partial charge in [0.05, 0.1) is 17.6 Å². The van der Waals surface area contributed by atoms with Gasteiger partial charge in [0.1, 0.15) is 23.9 Å². The van der Waals surface area contributed by atoms with E-state index < -0.39 is 0 Å². The third-order valence-corrected chi connectivity index (χ3v) is 5.95. The Balaban J connectivity index is 1.42. The molecule has 4 rings (SSSR count). The Morgan fingerprint density at radius 3 is 2.39 bits per heavy atom. The lowest BCUT2D eigenvalue weighted by Crippen LogP contribution is -2.11. The number of para-hydroxylation sites is 2. The smallest absolute Gasteiger partial charge is 0.148 e. The summed E-state index contributed by atoms with van der Waals surface area (Å²) in [7, 11) is 0. The summed E-state index contributed by atoms with van der Waals surface area (Å²) in [5.74, 6) is 2.76. The highest BCUT2D eigenvalue weighted by Crippen LogP contribution is 2.25. The Hall–Kier alpha value is -3.27. The second-order valence-corrected chi connectivity index (χ2v) is 9.70. The van der Waals surface area contributed by atoms with E-state index in [1.807, 2.05) is 6.07 Å². The van der Waals surface area contributed by atoms with Gasteiger partial charge in [-0.25, -0.2) is 4.98 Å². The number of ether oxygens (including phenoxy) is 2. The first kappa shape index (κ1) is 22.9. The van der Waals surface area contributed by atoms with Gasteiger partial charge >= 0.3 is 0 Å². The molecule has 0 saturated heterocycles. The molecular weight excluding hydrogens is 408 g/mol. The number of fused-ring (bicyclic) bond motifs is 1. The zero-order valence-corrected chi connectivity index (χ0v) is 20.4. The van der Waals surface area contributed by atoms with Gasteiger partial charge in [-0.1, -0.05) is 57.2 Å². The summed E-state index contributed by atoms with van der Waals surface area (Å²) in [5, 5.41) is 0. The van der Waals surface area contributed by atoms with E-state index in [0.29, 0.717) is 13.2 Å². The molecule has 0 amide bonds. The molecule has 3 aromatic carbocycles. The Morgan fingerprint density at radius 2 is 1.64 bits per heavy atom. The zero-order chi connectivity index (χ0) is 23.4. The van der Waals surface area contributed by atoms with E-state index in [4.69, 9.17) is 14.5 Å². The lowest BCUT2D eigenvalue weighted by atomic mass is 9.87. The van der Waals surface area contributed by atoms with Crippen LogP contribution in [0.3, 0.4) is 0 Å². The Bertz CT molecular complexity index is 1220. The number of hydrogen-bond acceptors (Lipinski definition) is 3. The van der Waals surface area contributed by atoms with Gasteiger partial charge in [-0.05, 0) is 72.7 Å². The van der Waals surface area contributed by atoms with Gasteiger partial charge in [-0.3, -0.25) is 0 Å². The van der Waals surface area contributed by atoms with Gasteiger partial charge in [-0.2, -0.15) is 0 Å². The van der Waals surface area contributed by atoms with E-state index >= 15 is 0 Å². The van der Waals surface area contributed by atoms with Crippen LogP contribution in [0.1, 0.15) is 49.7 Å². The lowest BCUT2D eigenvalue weighted by molar-refractivity contribution is 0.279. The normalized spacial score (nSPS) is 11.7. The maximum absolute atomic E-state index is 6.17. The average Bonchev–Trinajstić information content (AvgIpc) is 3.14. The summed E-state index contributed by atoms with van der Waals surface area (Å²) in [6.45, 7) is 12.7. The number of aromatic nitrogens is 2. The van der Waals surface area contributed by atoms with Crippen LogP contribution in [0.5, 0.6) is 11.5 Å². The lowest BCUT2D eigenvalue weighted by Gasteiger charge is -2.19. The summed E-state index contributed by atoms with van der Waals surface area (Å²) in [5.41, 5.74) is 5.91. The molecule has 0 unspecified atom stereocenters. The maximum atomic E-state index is 6.17. The van der Waals surface area contributed by atoms with Gasteiger partial charge in [-0.15, -0.1) is 0 Å². The van der Waals surface area contributed by atoms with Crippen LogP contribution in [-0.4, -0.2) is 16.2 Å². The highest BCUT2D eigenvalue weighted by Gasteiger charge is 2.14. The number of imidazole rings is 1. The Kier molecular flexibility index (Phi) is 6.73. The predicted molar refractivity (Wildman–Crippen MR) is 135 cm³/mol. The monoisotopic (exact) mass is 442 g/mol. The molecule has 33 heavy (non-hydrogen) atoms. The third-order valence-electron chi connectivity index (χ3n) is 5.95. The predicted octanol–water partition coefficient (Wildman–Crippen LogP) is 7.00. The molecule has 1 aromatic heterocycles. The number of aryl methyl sites for hydroxylation is 3. The summed E-state index contributed by atoms with van der Waals surface area (Å²) >= 11 is 0. The van der Waals surface area contributed by atoms with Crippen LogP contribution in [0.15, 0.2) is 66.7 Å². The number of hydrogen-bond donors (Lipinski definition) is 0. The molecule has 0 radical (unpaired) electrons. The molecule has 172 valence electrons. The van der Waals surface area contributed by atoms with Crippen LogP contribution in [0.2, 0.25) is 0 Å². The van der Waals surface area contributed by atoms with Gasteiger partial charge in [0.2, 0.25) is 0 Å². The first-order chi connectivity index (χ1) is 15.8. The molecule has 0 aliphatic rings. The second kappa shape index (κ2) is 9.70. The largest absolute Gasteiger partial charge is 0.494 e. The molecule has 0 atom stereocenters. The topological polar surface area (TPSA) is 36.3 Å². The summed E-state index contributed by atoms with van der Waals surface area (Å²) in [6.07, 6.45) is 0.887. The van der Waals surface area contributed by atoms with Crippen LogP contribution < -0.4 is 9.47 Å². The van der Waals surface area contributed by atoms with Crippen molar-refractivity contribution in [3.63, 3.8) is 0 Å². The molecule has 4 heteroatoms. The van der Waals surface area contributed by atoms with E-state index in [2.05, 4.69) is 99.8 Å².